The number of hydrogen-bond donors (Lipinski definition) is 2. The van der Waals surface area contributed by atoms with Gasteiger partial charge >= 0.3 is 0 Å². The summed E-state index contributed by atoms with van der Waals surface area (Å²) in [6, 6.07) is 5.64. The maximum absolute atomic E-state index is 12.0. The van der Waals surface area contributed by atoms with Crippen molar-refractivity contribution in [3.8, 4) is 5.69 Å². The fourth-order valence-corrected chi connectivity index (χ4v) is 2.99. The van der Waals surface area contributed by atoms with Crippen molar-refractivity contribution in [3.05, 3.63) is 35.1 Å². The third kappa shape index (κ3) is 6.03. The number of nitrogens with zero attached hydrogens (tertiary/aromatic N) is 3. The highest BCUT2D eigenvalue weighted by Crippen LogP contribution is 2.23. The SMILES string of the molecule is Cc1ccc(-n2cnnc2SCC(=O)NCC(=O)NC(C)(C)C)cc1Cl. The second-order valence-electron chi connectivity index (χ2n) is 6.78. The van der Waals surface area contributed by atoms with Crippen LogP contribution in [0.5, 0.6) is 0 Å². The Morgan fingerprint density at radius 2 is 2.00 bits per heavy atom. The van der Waals surface area contributed by atoms with Gasteiger partial charge in [0.2, 0.25) is 11.8 Å². The number of aryl methyl sites for hydroxylation is 1. The van der Waals surface area contributed by atoms with Crippen LogP contribution >= 0.6 is 23.4 Å². The molecule has 2 N–H and O–H groups in total. The van der Waals surface area contributed by atoms with Crippen molar-refractivity contribution in [2.45, 2.75) is 38.4 Å². The molecule has 1 aromatic carbocycles. The summed E-state index contributed by atoms with van der Waals surface area (Å²) >= 11 is 7.40. The van der Waals surface area contributed by atoms with Crippen molar-refractivity contribution >= 4 is 35.2 Å². The molecule has 0 aliphatic carbocycles. The summed E-state index contributed by atoms with van der Waals surface area (Å²) in [6.45, 7) is 7.51. The quantitative estimate of drug-likeness (QED) is 0.733. The lowest BCUT2D eigenvalue weighted by atomic mass is 10.1. The van der Waals surface area contributed by atoms with E-state index < -0.39 is 0 Å². The smallest absolute Gasteiger partial charge is 0.239 e. The lowest BCUT2D eigenvalue weighted by molar-refractivity contribution is -0.125. The number of aromatic nitrogens is 3. The number of amides is 2. The molecule has 26 heavy (non-hydrogen) atoms. The highest BCUT2D eigenvalue weighted by Gasteiger charge is 2.15. The van der Waals surface area contributed by atoms with E-state index in [2.05, 4.69) is 20.8 Å². The van der Waals surface area contributed by atoms with Gasteiger partial charge in [-0.1, -0.05) is 29.4 Å². The van der Waals surface area contributed by atoms with E-state index in [1.165, 1.54) is 11.8 Å². The van der Waals surface area contributed by atoms with Gasteiger partial charge in [0.1, 0.15) is 6.33 Å². The number of carbonyl (C=O) groups is 2. The molecular weight excluding hydrogens is 374 g/mol. The minimum Gasteiger partial charge on any atom is -0.350 e. The van der Waals surface area contributed by atoms with Crippen LogP contribution in [0.2, 0.25) is 5.02 Å². The first-order valence-corrected chi connectivity index (χ1v) is 9.39. The molecular formula is C17H22ClN5O2S. The number of hydrogen-bond acceptors (Lipinski definition) is 5. The van der Waals surface area contributed by atoms with Gasteiger partial charge in [-0.3, -0.25) is 14.2 Å². The number of benzene rings is 1. The molecule has 0 unspecified atom stereocenters. The van der Waals surface area contributed by atoms with Crippen molar-refractivity contribution in [1.82, 2.24) is 25.4 Å². The molecule has 0 atom stereocenters. The third-order valence-electron chi connectivity index (χ3n) is 3.24. The van der Waals surface area contributed by atoms with Crippen LogP contribution < -0.4 is 10.6 Å². The lowest BCUT2D eigenvalue weighted by Gasteiger charge is -2.20. The second-order valence-corrected chi connectivity index (χ2v) is 8.13. The van der Waals surface area contributed by atoms with Gasteiger partial charge in [-0.15, -0.1) is 10.2 Å². The molecule has 0 aliphatic heterocycles. The molecule has 140 valence electrons. The Kier molecular flexibility index (Phi) is 6.66. The van der Waals surface area contributed by atoms with Crippen LogP contribution in [0.15, 0.2) is 29.7 Å². The number of rotatable bonds is 6. The van der Waals surface area contributed by atoms with Crippen molar-refractivity contribution in [2.75, 3.05) is 12.3 Å². The average Bonchev–Trinajstić information content (AvgIpc) is 3.00. The first-order chi connectivity index (χ1) is 12.2. The van der Waals surface area contributed by atoms with Gasteiger partial charge in [-0.25, -0.2) is 0 Å². The Morgan fingerprint density at radius 1 is 1.27 bits per heavy atom. The van der Waals surface area contributed by atoms with Gasteiger partial charge in [-0.05, 0) is 45.4 Å². The first-order valence-electron chi connectivity index (χ1n) is 8.03. The molecule has 2 aromatic rings. The molecule has 7 nitrogen and oxygen atoms in total. The summed E-state index contributed by atoms with van der Waals surface area (Å²) in [6.07, 6.45) is 1.57. The zero-order valence-electron chi connectivity index (χ0n) is 15.2. The molecule has 0 saturated carbocycles. The topological polar surface area (TPSA) is 88.9 Å². The predicted molar refractivity (Wildman–Crippen MR) is 103 cm³/mol. The molecule has 1 aromatic heterocycles. The maximum Gasteiger partial charge on any atom is 0.239 e. The van der Waals surface area contributed by atoms with E-state index in [-0.39, 0.29) is 29.7 Å². The van der Waals surface area contributed by atoms with Crippen LogP contribution in [0.25, 0.3) is 5.69 Å². The van der Waals surface area contributed by atoms with Crippen LogP contribution in [-0.2, 0) is 9.59 Å². The highest BCUT2D eigenvalue weighted by atomic mass is 35.5. The fourth-order valence-electron chi connectivity index (χ4n) is 2.05. The van der Waals surface area contributed by atoms with Crippen LogP contribution in [0, 0.1) is 6.92 Å². The van der Waals surface area contributed by atoms with Crippen LogP contribution in [0.4, 0.5) is 0 Å². The molecule has 0 aliphatic rings. The van der Waals surface area contributed by atoms with Gasteiger partial charge in [0.15, 0.2) is 5.16 Å². The Labute approximate surface area is 161 Å². The van der Waals surface area contributed by atoms with E-state index in [0.717, 1.165) is 11.3 Å². The number of thioether (sulfide) groups is 1. The Morgan fingerprint density at radius 3 is 2.65 bits per heavy atom. The normalized spacial score (nSPS) is 11.3. The fraction of sp³-hybridized carbons (Fsp3) is 0.412. The van der Waals surface area contributed by atoms with E-state index in [1.54, 1.807) is 10.9 Å². The minimum atomic E-state index is -0.331. The number of halogens is 1. The van der Waals surface area contributed by atoms with Crippen LogP contribution in [-0.4, -0.2) is 44.4 Å². The summed E-state index contributed by atoms with van der Waals surface area (Å²) in [5.74, 6) is -0.356. The Balaban J connectivity index is 1.90. The molecule has 0 bridgehead atoms. The van der Waals surface area contributed by atoms with Gasteiger partial charge < -0.3 is 10.6 Å². The van der Waals surface area contributed by atoms with Crippen molar-refractivity contribution in [1.29, 1.82) is 0 Å². The first kappa shape index (κ1) is 20.3. The summed E-state index contributed by atoms with van der Waals surface area (Å²) in [4.78, 5) is 23.7. The molecule has 2 rings (SSSR count). The standard InChI is InChI=1S/C17H22ClN5O2S/c1-11-5-6-12(7-13(11)18)23-10-20-22-16(23)26-9-15(25)19-8-14(24)21-17(2,3)4/h5-7,10H,8-9H2,1-4H3,(H,19,25)(H,21,24). The predicted octanol–water partition coefficient (Wildman–Crippen LogP) is 2.35. The van der Waals surface area contributed by atoms with E-state index in [9.17, 15) is 9.59 Å². The van der Waals surface area contributed by atoms with E-state index in [4.69, 9.17) is 11.6 Å². The minimum absolute atomic E-state index is 0.0586. The van der Waals surface area contributed by atoms with Crippen molar-refractivity contribution in [2.24, 2.45) is 0 Å². The summed E-state index contributed by atoms with van der Waals surface area (Å²) in [5, 5.41) is 14.5. The largest absolute Gasteiger partial charge is 0.350 e. The van der Waals surface area contributed by atoms with Gasteiger partial charge in [0, 0.05) is 10.6 Å². The van der Waals surface area contributed by atoms with Gasteiger partial charge in [0.05, 0.1) is 18.0 Å². The molecule has 0 fully saturated rings. The highest BCUT2D eigenvalue weighted by molar-refractivity contribution is 7.99. The van der Waals surface area contributed by atoms with E-state index >= 15 is 0 Å². The second kappa shape index (κ2) is 8.55. The zero-order chi connectivity index (χ0) is 19.3. The van der Waals surface area contributed by atoms with Crippen molar-refractivity contribution in [3.63, 3.8) is 0 Å². The Hall–Kier alpha value is -2.06. The van der Waals surface area contributed by atoms with Gasteiger partial charge in [-0.2, -0.15) is 0 Å². The molecule has 0 spiro atoms. The molecule has 0 radical (unpaired) electrons. The Bertz CT molecular complexity index is 801. The van der Waals surface area contributed by atoms with Crippen LogP contribution in [0.3, 0.4) is 0 Å². The van der Waals surface area contributed by atoms with E-state index in [1.807, 2.05) is 45.9 Å². The van der Waals surface area contributed by atoms with Gasteiger partial charge in [0.25, 0.3) is 0 Å². The van der Waals surface area contributed by atoms with E-state index in [0.29, 0.717) is 10.2 Å². The lowest BCUT2D eigenvalue weighted by Crippen LogP contribution is -2.46. The maximum atomic E-state index is 12.0. The summed E-state index contributed by atoms with van der Waals surface area (Å²) < 4.78 is 1.76. The number of carbonyl (C=O) groups excluding carboxylic acids is 2. The summed E-state index contributed by atoms with van der Waals surface area (Å²) in [7, 11) is 0. The van der Waals surface area contributed by atoms with Crippen LogP contribution in [0.1, 0.15) is 26.3 Å². The molecule has 1 heterocycles. The van der Waals surface area contributed by atoms with Crippen molar-refractivity contribution < 1.29 is 9.59 Å². The molecule has 9 heteroatoms. The third-order valence-corrected chi connectivity index (χ3v) is 4.59. The summed E-state index contributed by atoms with van der Waals surface area (Å²) in [5.41, 5.74) is 1.46. The molecule has 0 saturated heterocycles. The zero-order valence-corrected chi connectivity index (χ0v) is 16.7. The molecule has 2 amide bonds. The monoisotopic (exact) mass is 395 g/mol. The number of nitrogens with one attached hydrogen (secondary N) is 2. The average molecular weight is 396 g/mol.